The highest BCUT2D eigenvalue weighted by atomic mass is 16.4. The summed E-state index contributed by atoms with van der Waals surface area (Å²) >= 11 is 0. The maximum atomic E-state index is 11.0. The lowest BCUT2D eigenvalue weighted by atomic mass is 10.1. The van der Waals surface area contributed by atoms with Crippen LogP contribution in [0.25, 0.3) is 0 Å². The van der Waals surface area contributed by atoms with Gasteiger partial charge in [-0.15, -0.1) is 0 Å². The highest BCUT2D eigenvalue weighted by Crippen LogP contribution is 1.96. The Morgan fingerprint density at radius 3 is 2.00 bits per heavy atom. The van der Waals surface area contributed by atoms with Crippen molar-refractivity contribution in [2.75, 3.05) is 13.6 Å². The molecule has 0 fully saturated rings. The number of nitrogens with one attached hydrogen (secondary N) is 2. The molecule has 0 spiro atoms. The summed E-state index contributed by atoms with van der Waals surface area (Å²) in [5.41, 5.74) is 0. The molecular weight excluding hydrogens is 220 g/mol. The monoisotopic (exact) mass is 234 g/mol. The van der Waals surface area contributed by atoms with E-state index in [4.69, 9.17) is 15.0 Å². The van der Waals surface area contributed by atoms with E-state index in [0.717, 1.165) is 0 Å². The standard InChI is InChI=1S/C7H12N2O4.CH2O2/c1-3-9-6(11)4(7(12)13)5(10)8-2;2-1-3/h4H,3H2,1-2H3,(H,8,10)(H,9,11)(H,12,13);1H,(H,2,3). The summed E-state index contributed by atoms with van der Waals surface area (Å²) in [5, 5.41) is 19.8. The summed E-state index contributed by atoms with van der Waals surface area (Å²) in [5.74, 6) is -4.73. The third-order valence-electron chi connectivity index (χ3n) is 1.37. The van der Waals surface area contributed by atoms with Gasteiger partial charge in [0, 0.05) is 13.6 Å². The number of carbonyl (C=O) groups excluding carboxylic acids is 2. The van der Waals surface area contributed by atoms with Crippen LogP contribution in [-0.4, -0.2) is 48.1 Å². The molecule has 8 nitrogen and oxygen atoms in total. The fourth-order valence-electron chi connectivity index (χ4n) is 0.764. The van der Waals surface area contributed by atoms with Crippen molar-refractivity contribution in [1.82, 2.24) is 10.6 Å². The van der Waals surface area contributed by atoms with E-state index >= 15 is 0 Å². The second-order valence-corrected chi connectivity index (χ2v) is 2.39. The third-order valence-corrected chi connectivity index (χ3v) is 1.37. The van der Waals surface area contributed by atoms with E-state index in [0.29, 0.717) is 6.54 Å². The normalized spacial score (nSPS) is 10.1. The molecule has 0 radical (unpaired) electrons. The third kappa shape index (κ3) is 6.35. The molecule has 1 unspecified atom stereocenters. The van der Waals surface area contributed by atoms with Crippen LogP contribution in [0.2, 0.25) is 0 Å². The molecule has 0 aliphatic carbocycles. The molecule has 92 valence electrons. The van der Waals surface area contributed by atoms with Crippen molar-refractivity contribution in [1.29, 1.82) is 0 Å². The Kier molecular flexibility index (Phi) is 9.62. The summed E-state index contributed by atoms with van der Waals surface area (Å²) < 4.78 is 0. The first-order chi connectivity index (χ1) is 7.45. The summed E-state index contributed by atoms with van der Waals surface area (Å²) in [7, 11) is 1.28. The molecule has 2 amide bonds. The Bertz CT molecular complexity index is 265. The van der Waals surface area contributed by atoms with E-state index in [9.17, 15) is 14.4 Å². The molecule has 0 aromatic heterocycles. The second kappa shape index (κ2) is 9.44. The highest BCUT2D eigenvalue weighted by Gasteiger charge is 2.32. The lowest BCUT2D eigenvalue weighted by Crippen LogP contribution is -2.44. The molecule has 8 heteroatoms. The number of hydrogen-bond acceptors (Lipinski definition) is 4. The summed E-state index contributed by atoms with van der Waals surface area (Å²) in [6, 6.07) is 0. The molecule has 16 heavy (non-hydrogen) atoms. The van der Waals surface area contributed by atoms with Gasteiger partial charge in [-0.3, -0.25) is 19.2 Å². The lowest BCUT2D eigenvalue weighted by molar-refractivity contribution is -0.151. The Balaban J connectivity index is 0. The molecule has 0 aromatic rings. The quantitative estimate of drug-likeness (QED) is 0.337. The van der Waals surface area contributed by atoms with Crippen LogP contribution in [0.3, 0.4) is 0 Å². The zero-order valence-corrected chi connectivity index (χ0v) is 8.89. The van der Waals surface area contributed by atoms with Crippen LogP contribution in [-0.2, 0) is 19.2 Å². The zero-order chi connectivity index (χ0) is 13.1. The first-order valence-electron chi connectivity index (χ1n) is 4.26. The first-order valence-corrected chi connectivity index (χ1v) is 4.26. The van der Waals surface area contributed by atoms with Crippen LogP contribution >= 0.6 is 0 Å². The van der Waals surface area contributed by atoms with Gasteiger partial charge < -0.3 is 20.8 Å². The van der Waals surface area contributed by atoms with Crippen molar-refractivity contribution in [2.24, 2.45) is 5.92 Å². The van der Waals surface area contributed by atoms with Gasteiger partial charge in [-0.25, -0.2) is 0 Å². The fourth-order valence-corrected chi connectivity index (χ4v) is 0.764. The number of rotatable bonds is 4. The van der Waals surface area contributed by atoms with Gasteiger partial charge in [0.15, 0.2) is 0 Å². The van der Waals surface area contributed by atoms with Crippen molar-refractivity contribution < 1.29 is 29.4 Å². The molecular formula is C8H14N2O6. The van der Waals surface area contributed by atoms with Crippen LogP contribution in [0.4, 0.5) is 0 Å². The molecule has 0 aliphatic heterocycles. The van der Waals surface area contributed by atoms with Crippen molar-refractivity contribution >= 4 is 24.3 Å². The van der Waals surface area contributed by atoms with E-state index in [1.807, 2.05) is 0 Å². The predicted molar refractivity (Wildman–Crippen MR) is 52.6 cm³/mol. The van der Waals surface area contributed by atoms with E-state index in [-0.39, 0.29) is 6.47 Å². The first kappa shape index (κ1) is 16.3. The van der Waals surface area contributed by atoms with Crippen LogP contribution in [0.5, 0.6) is 0 Å². The molecule has 4 N–H and O–H groups in total. The number of amides is 2. The maximum Gasteiger partial charge on any atom is 0.325 e. The van der Waals surface area contributed by atoms with E-state index in [2.05, 4.69) is 10.6 Å². The van der Waals surface area contributed by atoms with Gasteiger partial charge in [0.25, 0.3) is 6.47 Å². The smallest absolute Gasteiger partial charge is 0.325 e. The molecule has 0 rings (SSSR count). The fraction of sp³-hybridized carbons (Fsp3) is 0.500. The highest BCUT2D eigenvalue weighted by molar-refractivity contribution is 6.15. The SMILES string of the molecule is CCNC(=O)C(C(=O)O)C(=O)NC.O=CO. The van der Waals surface area contributed by atoms with Gasteiger partial charge in [0.2, 0.25) is 17.7 Å². The van der Waals surface area contributed by atoms with Crippen LogP contribution < -0.4 is 10.6 Å². The minimum Gasteiger partial charge on any atom is -0.483 e. The van der Waals surface area contributed by atoms with Gasteiger partial charge in [0.1, 0.15) is 0 Å². The topological polar surface area (TPSA) is 133 Å². The average Bonchev–Trinajstić information content (AvgIpc) is 2.18. The van der Waals surface area contributed by atoms with Crippen molar-refractivity contribution in [3.8, 4) is 0 Å². The van der Waals surface area contributed by atoms with Crippen molar-refractivity contribution in [3.63, 3.8) is 0 Å². The minimum atomic E-state index is -1.66. The average molecular weight is 234 g/mol. The van der Waals surface area contributed by atoms with E-state index in [1.165, 1.54) is 7.05 Å². The van der Waals surface area contributed by atoms with Crippen molar-refractivity contribution in [3.05, 3.63) is 0 Å². The van der Waals surface area contributed by atoms with Gasteiger partial charge >= 0.3 is 5.97 Å². The Morgan fingerprint density at radius 1 is 1.31 bits per heavy atom. The summed E-state index contributed by atoms with van der Waals surface area (Å²) in [4.78, 5) is 40.8. The van der Waals surface area contributed by atoms with Crippen LogP contribution in [0.1, 0.15) is 6.92 Å². The molecule has 0 aromatic carbocycles. The zero-order valence-electron chi connectivity index (χ0n) is 8.89. The molecule has 0 heterocycles. The van der Waals surface area contributed by atoms with Gasteiger partial charge in [-0.1, -0.05) is 0 Å². The Morgan fingerprint density at radius 2 is 1.75 bits per heavy atom. The van der Waals surface area contributed by atoms with E-state index in [1.54, 1.807) is 6.92 Å². The Labute approximate surface area is 91.6 Å². The molecule has 0 saturated carbocycles. The van der Waals surface area contributed by atoms with Gasteiger partial charge in [-0.2, -0.15) is 0 Å². The number of carboxylic acids is 1. The molecule has 0 bridgehead atoms. The summed E-state index contributed by atoms with van der Waals surface area (Å²) in [6.45, 7) is 1.68. The van der Waals surface area contributed by atoms with Gasteiger partial charge in [-0.05, 0) is 6.92 Å². The second-order valence-electron chi connectivity index (χ2n) is 2.39. The van der Waals surface area contributed by atoms with E-state index < -0.39 is 23.7 Å². The largest absolute Gasteiger partial charge is 0.483 e. The van der Waals surface area contributed by atoms with Crippen LogP contribution in [0.15, 0.2) is 0 Å². The van der Waals surface area contributed by atoms with Crippen LogP contribution in [0, 0.1) is 5.92 Å². The predicted octanol–water partition coefficient (Wildman–Crippen LogP) is -1.73. The number of carbonyl (C=O) groups is 4. The Hall–Kier alpha value is -2.12. The molecule has 1 atom stereocenters. The number of hydrogen-bond donors (Lipinski definition) is 4. The molecule has 0 saturated heterocycles. The molecule has 0 aliphatic rings. The summed E-state index contributed by atoms with van der Waals surface area (Å²) in [6.07, 6.45) is 0. The maximum absolute atomic E-state index is 11.0. The van der Waals surface area contributed by atoms with Gasteiger partial charge in [0.05, 0.1) is 0 Å². The van der Waals surface area contributed by atoms with Crippen molar-refractivity contribution in [2.45, 2.75) is 6.92 Å². The number of carboxylic acid groups (broad SMARTS) is 2. The minimum absolute atomic E-state index is 0.250. The lowest BCUT2D eigenvalue weighted by Gasteiger charge is -2.09. The number of aliphatic carboxylic acids is 1.